The highest BCUT2D eigenvalue weighted by Gasteiger charge is 2.41. The van der Waals surface area contributed by atoms with Crippen molar-refractivity contribution in [1.82, 2.24) is 15.0 Å². The lowest BCUT2D eigenvalue weighted by atomic mass is 10.00. The molecule has 7 heteroatoms. The van der Waals surface area contributed by atoms with Crippen LogP contribution in [0.1, 0.15) is 37.6 Å². The molecule has 1 fully saturated rings. The topological polar surface area (TPSA) is 78.0 Å². The minimum atomic E-state index is -1.15. The van der Waals surface area contributed by atoms with Gasteiger partial charge in [0.05, 0.1) is 18.4 Å². The van der Waals surface area contributed by atoms with Gasteiger partial charge in [-0.15, -0.1) is 5.10 Å². The summed E-state index contributed by atoms with van der Waals surface area (Å²) in [7, 11) is 0. The quantitative estimate of drug-likeness (QED) is 0.937. The number of rotatable bonds is 3. The Morgan fingerprint density at radius 3 is 2.87 bits per heavy atom. The summed E-state index contributed by atoms with van der Waals surface area (Å²) in [6.07, 6.45) is 2.19. The third-order valence-corrected chi connectivity index (χ3v) is 4.21. The van der Waals surface area contributed by atoms with Gasteiger partial charge in [-0.25, -0.2) is 9.07 Å². The zero-order chi connectivity index (χ0) is 16.6. The van der Waals surface area contributed by atoms with E-state index in [9.17, 15) is 9.50 Å². The molecular formula is C16H18FN5O. The van der Waals surface area contributed by atoms with Crippen LogP contribution in [0.5, 0.6) is 0 Å². The summed E-state index contributed by atoms with van der Waals surface area (Å²) in [6, 6.07) is 6.58. The summed E-state index contributed by atoms with van der Waals surface area (Å²) in [5, 5.41) is 28.2. The smallest absolute Gasteiger partial charge is 0.143 e. The Labute approximate surface area is 133 Å². The number of nitrogens with zero attached hydrogens (tertiary/aromatic N) is 5. The molecular weight excluding hydrogens is 297 g/mol. The molecule has 1 atom stereocenters. The second kappa shape index (κ2) is 5.63. The van der Waals surface area contributed by atoms with Crippen LogP contribution in [0.4, 0.5) is 10.1 Å². The van der Waals surface area contributed by atoms with Gasteiger partial charge >= 0.3 is 0 Å². The fourth-order valence-electron chi connectivity index (χ4n) is 2.84. The Kier molecular flexibility index (Phi) is 3.78. The molecule has 0 amide bonds. The van der Waals surface area contributed by atoms with E-state index in [2.05, 4.69) is 10.3 Å². The fraction of sp³-hybridized carbons (Fsp3) is 0.438. The summed E-state index contributed by atoms with van der Waals surface area (Å²) in [4.78, 5) is 1.82. The second-order valence-corrected chi connectivity index (χ2v) is 6.13. The minimum Gasteiger partial charge on any atom is -0.381 e. The number of hydrogen-bond donors (Lipinski definition) is 1. The standard InChI is InChI=1S/C16H18FN5O/c1-11(2)22-9-15(19-20-22)16(23)6-7-21(10-16)14-5-3-4-13(17)12(14)8-18/h3-5,9,11,23H,6-7,10H2,1-2H3/t16-/m1/s1. The van der Waals surface area contributed by atoms with Crippen molar-refractivity contribution in [3.8, 4) is 6.07 Å². The van der Waals surface area contributed by atoms with Crippen LogP contribution in [0.3, 0.4) is 0 Å². The van der Waals surface area contributed by atoms with Crippen molar-refractivity contribution in [2.75, 3.05) is 18.0 Å². The van der Waals surface area contributed by atoms with Gasteiger partial charge in [0.25, 0.3) is 0 Å². The van der Waals surface area contributed by atoms with Crippen LogP contribution in [-0.2, 0) is 5.60 Å². The first-order chi connectivity index (χ1) is 10.9. The molecule has 0 aliphatic carbocycles. The lowest BCUT2D eigenvalue weighted by Crippen LogP contribution is -2.31. The molecule has 2 aromatic rings. The van der Waals surface area contributed by atoms with E-state index in [4.69, 9.17) is 5.26 Å². The second-order valence-electron chi connectivity index (χ2n) is 6.13. The van der Waals surface area contributed by atoms with Crippen LogP contribution in [0.25, 0.3) is 0 Å². The third-order valence-electron chi connectivity index (χ3n) is 4.21. The van der Waals surface area contributed by atoms with Gasteiger partial charge in [-0.1, -0.05) is 11.3 Å². The van der Waals surface area contributed by atoms with Crippen LogP contribution in [-0.4, -0.2) is 33.2 Å². The maximum absolute atomic E-state index is 13.8. The minimum absolute atomic E-state index is 0.00239. The number of hydrogen-bond acceptors (Lipinski definition) is 5. The van der Waals surface area contributed by atoms with Crippen molar-refractivity contribution < 1.29 is 9.50 Å². The Balaban J connectivity index is 1.88. The Hall–Kier alpha value is -2.46. The monoisotopic (exact) mass is 315 g/mol. The molecule has 23 heavy (non-hydrogen) atoms. The summed E-state index contributed by atoms with van der Waals surface area (Å²) < 4.78 is 15.5. The predicted molar refractivity (Wildman–Crippen MR) is 82.2 cm³/mol. The molecule has 1 aliphatic heterocycles. The molecule has 120 valence electrons. The highest BCUT2D eigenvalue weighted by atomic mass is 19.1. The molecule has 0 saturated carbocycles. The molecule has 1 aromatic carbocycles. The van der Waals surface area contributed by atoms with Gasteiger partial charge in [-0.3, -0.25) is 0 Å². The zero-order valence-corrected chi connectivity index (χ0v) is 13.1. The summed E-state index contributed by atoms with van der Waals surface area (Å²) in [6.45, 7) is 4.73. The van der Waals surface area contributed by atoms with Gasteiger partial charge in [0.1, 0.15) is 28.7 Å². The molecule has 0 bridgehead atoms. The maximum atomic E-state index is 13.8. The molecule has 2 heterocycles. The van der Waals surface area contributed by atoms with E-state index in [1.54, 1.807) is 23.0 Å². The fourth-order valence-corrected chi connectivity index (χ4v) is 2.84. The highest BCUT2D eigenvalue weighted by Crippen LogP contribution is 2.35. The summed E-state index contributed by atoms with van der Waals surface area (Å²) in [5.41, 5.74) is -0.141. The first-order valence-corrected chi connectivity index (χ1v) is 7.53. The van der Waals surface area contributed by atoms with Gasteiger partial charge in [0.2, 0.25) is 0 Å². The highest BCUT2D eigenvalue weighted by molar-refractivity contribution is 5.60. The van der Waals surface area contributed by atoms with Gasteiger partial charge in [0, 0.05) is 19.0 Å². The number of β-amino-alcohol motifs (C(OH)–C–C–N with tert-alkyl or cyclic N) is 1. The normalized spacial score (nSPS) is 21.0. The van der Waals surface area contributed by atoms with E-state index >= 15 is 0 Å². The lowest BCUT2D eigenvalue weighted by molar-refractivity contribution is 0.0559. The van der Waals surface area contributed by atoms with E-state index in [0.717, 1.165) is 0 Å². The Morgan fingerprint density at radius 2 is 2.22 bits per heavy atom. The van der Waals surface area contributed by atoms with Gasteiger partial charge < -0.3 is 10.0 Å². The number of anilines is 1. The molecule has 6 nitrogen and oxygen atoms in total. The largest absolute Gasteiger partial charge is 0.381 e. The van der Waals surface area contributed by atoms with Crippen LogP contribution in [0.15, 0.2) is 24.4 Å². The molecule has 3 rings (SSSR count). The van der Waals surface area contributed by atoms with Crippen molar-refractivity contribution in [3.63, 3.8) is 0 Å². The van der Waals surface area contributed by atoms with Crippen molar-refractivity contribution in [2.24, 2.45) is 0 Å². The number of nitriles is 1. The van der Waals surface area contributed by atoms with Crippen LogP contribution in [0.2, 0.25) is 0 Å². The predicted octanol–water partition coefficient (Wildman–Crippen LogP) is 1.97. The maximum Gasteiger partial charge on any atom is 0.143 e. The molecule has 0 unspecified atom stereocenters. The van der Waals surface area contributed by atoms with E-state index in [-0.39, 0.29) is 18.2 Å². The van der Waals surface area contributed by atoms with Crippen molar-refractivity contribution >= 4 is 5.69 Å². The molecule has 1 saturated heterocycles. The van der Waals surface area contributed by atoms with E-state index in [1.807, 2.05) is 24.8 Å². The number of halogens is 1. The van der Waals surface area contributed by atoms with E-state index in [0.29, 0.717) is 24.3 Å². The Bertz CT molecular complexity index is 766. The first-order valence-electron chi connectivity index (χ1n) is 7.53. The average Bonchev–Trinajstić information content (AvgIpc) is 3.15. The van der Waals surface area contributed by atoms with Crippen LogP contribution in [0, 0.1) is 17.1 Å². The van der Waals surface area contributed by atoms with Crippen LogP contribution >= 0.6 is 0 Å². The van der Waals surface area contributed by atoms with E-state index < -0.39 is 11.4 Å². The number of aromatic nitrogens is 3. The number of benzene rings is 1. The Morgan fingerprint density at radius 1 is 1.43 bits per heavy atom. The molecule has 1 aliphatic rings. The SMILES string of the molecule is CC(C)n1cc([C@@]2(O)CCN(c3cccc(F)c3C#N)C2)nn1. The summed E-state index contributed by atoms with van der Waals surface area (Å²) >= 11 is 0. The van der Waals surface area contributed by atoms with Crippen LogP contribution < -0.4 is 4.90 Å². The zero-order valence-electron chi connectivity index (χ0n) is 13.1. The lowest BCUT2D eigenvalue weighted by Gasteiger charge is -2.23. The van der Waals surface area contributed by atoms with Crippen molar-refractivity contribution in [2.45, 2.75) is 31.9 Å². The average molecular weight is 315 g/mol. The summed E-state index contributed by atoms with van der Waals surface area (Å²) in [5.74, 6) is -0.550. The van der Waals surface area contributed by atoms with E-state index in [1.165, 1.54) is 6.07 Å². The molecule has 1 aromatic heterocycles. The first kappa shape index (κ1) is 15.4. The number of aliphatic hydroxyl groups is 1. The molecule has 0 spiro atoms. The van der Waals surface area contributed by atoms with Gasteiger partial charge in [-0.05, 0) is 26.0 Å². The molecule has 1 N–H and O–H groups in total. The van der Waals surface area contributed by atoms with Gasteiger partial charge in [-0.2, -0.15) is 5.26 Å². The molecule has 0 radical (unpaired) electrons. The van der Waals surface area contributed by atoms with Crippen molar-refractivity contribution in [1.29, 1.82) is 5.26 Å². The van der Waals surface area contributed by atoms with Crippen molar-refractivity contribution in [3.05, 3.63) is 41.5 Å². The van der Waals surface area contributed by atoms with Gasteiger partial charge in [0.15, 0.2) is 0 Å². The third kappa shape index (κ3) is 2.66.